The third-order valence-electron chi connectivity index (χ3n) is 3.73. The topological polar surface area (TPSA) is 74.6 Å². The lowest BCUT2D eigenvalue weighted by Gasteiger charge is -2.10. The predicted molar refractivity (Wildman–Crippen MR) is 90.1 cm³/mol. The van der Waals surface area contributed by atoms with Crippen molar-refractivity contribution in [3.63, 3.8) is 0 Å². The fourth-order valence-corrected chi connectivity index (χ4v) is 2.63. The Kier molecular flexibility index (Phi) is 4.12. The Labute approximate surface area is 138 Å². The van der Waals surface area contributed by atoms with E-state index in [0.29, 0.717) is 22.3 Å². The molecule has 0 atom stereocenters. The standard InChI is InChI=1S/C20H13O4/c21-19(22)17-10-3-1-8-15(17)13-6-5-7-14(12-13)16-9-2-4-11-18(16)20(23)24/h1-4,6-12H,(H,21,22)(H,23,24). The van der Waals surface area contributed by atoms with Crippen molar-refractivity contribution in [2.45, 2.75) is 0 Å². The molecule has 0 fully saturated rings. The van der Waals surface area contributed by atoms with Gasteiger partial charge in [-0.15, -0.1) is 0 Å². The highest BCUT2D eigenvalue weighted by Gasteiger charge is 2.14. The summed E-state index contributed by atoms with van der Waals surface area (Å²) in [5.74, 6) is -2.02. The van der Waals surface area contributed by atoms with Gasteiger partial charge in [0, 0.05) is 0 Å². The van der Waals surface area contributed by atoms with Gasteiger partial charge in [0.05, 0.1) is 11.1 Å². The lowest BCUT2D eigenvalue weighted by molar-refractivity contribution is 0.0687. The van der Waals surface area contributed by atoms with E-state index in [1.807, 2.05) is 0 Å². The van der Waals surface area contributed by atoms with Crippen LogP contribution in [0.5, 0.6) is 0 Å². The van der Waals surface area contributed by atoms with Crippen LogP contribution < -0.4 is 0 Å². The van der Waals surface area contributed by atoms with E-state index >= 15 is 0 Å². The quantitative estimate of drug-likeness (QED) is 0.755. The molecule has 4 heteroatoms. The molecule has 0 aliphatic heterocycles. The van der Waals surface area contributed by atoms with E-state index in [1.54, 1.807) is 54.6 Å². The third-order valence-corrected chi connectivity index (χ3v) is 3.73. The average Bonchev–Trinajstić information content (AvgIpc) is 2.61. The van der Waals surface area contributed by atoms with Crippen molar-refractivity contribution in [2.24, 2.45) is 0 Å². The average molecular weight is 317 g/mol. The Morgan fingerprint density at radius 3 is 1.54 bits per heavy atom. The molecule has 0 unspecified atom stereocenters. The van der Waals surface area contributed by atoms with Crippen molar-refractivity contribution in [1.29, 1.82) is 0 Å². The van der Waals surface area contributed by atoms with Crippen LogP contribution in [-0.2, 0) is 0 Å². The Balaban J connectivity index is 2.16. The van der Waals surface area contributed by atoms with Crippen molar-refractivity contribution in [2.75, 3.05) is 0 Å². The molecule has 117 valence electrons. The largest absolute Gasteiger partial charge is 0.478 e. The van der Waals surface area contributed by atoms with E-state index in [4.69, 9.17) is 0 Å². The molecule has 2 N–H and O–H groups in total. The summed E-state index contributed by atoms with van der Waals surface area (Å²) < 4.78 is 0. The van der Waals surface area contributed by atoms with Crippen molar-refractivity contribution in [1.82, 2.24) is 0 Å². The van der Waals surface area contributed by atoms with E-state index in [1.165, 1.54) is 12.1 Å². The molecule has 24 heavy (non-hydrogen) atoms. The summed E-state index contributed by atoms with van der Waals surface area (Å²) in [6.07, 6.45) is 0. The summed E-state index contributed by atoms with van der Waals surface area (Å²) in [6, 6.07) is 21.5. The zero-order valence-corrected chi connectivity index (χ0v) is 12.6. The highest BCUT2D eigenvalue weighted by molar-refractivity contribution is 5.98. The molecule has 4 nitrogen and oxygen atoms in total. The second-order valence-corrected chi connectivity index (χ2v) is 5.21. The summed E-state index contributed by atoms with van der Waals surface area (Å²) >= 11 is 0. The van der Waals surface area contributed by atoms with Gasteiger partial charge in [-0.2, -0.15) is 0 Å². The first-order valence-corrected chi connectivity index (χ1v) is 7.24. The van der Waals surface area contributed by atoms with Crippen molar-refractivity contribution >= 4 is 11.9 Å². The molecule has 0 amide bonds. The molecular weight excluding hydrogens is 304 g/mol. The molecule has 0 heterocycles. The van der Waals surface area contributed by atoms with Crippen molar-refractivity contribution in [3.8, 4) is 22.3 Å². The molecular formula is C20H13O4. The molecule has 3 rings (SSSR count). The van der Waals surface area contributed by atoms with Gasteiger partial charge in [0.1, 0.15) is 0 Å². The Morgan fingerprint density at radius 1 is 0.708 bits per heavy atom. The van der Waals surface area contributed by atoms with Gasteiger partial charge in [-0.1, -0.05) is 36.4 Å². The van der Waals surface area contributed by atoms with Crippen LogP contribution in [0.25, 0.3) is 22.3 Å². The van der Waals surface area contributed by atoms with Crippen LogP contribution in [0.3, 0.4) is 0 Å². The SMILES string of the molecule is O=C(O)c1ccccc1-c1c[c]cc(-c2ccccc2C(=O)O)c1. The van der Waals surface area contributed by atoms with E-state index in [9.17, 15) is 19.8 Å². The summed E-state index contributed by atoms with van der Waals surface area (Å²) in [5.41, 5.74) is 2.85. The Bertz CT molecular complexity index is 855. The van der Waals surface area contributed by atoms with Gasteiger partial charge in [0.25, 0.3) is 0 Å². The molecule has 0 spiro atoms. The molecule has 0 aromatic heterocycles. The maximum Gasteiger partial charge on any atom is 0.336 e. The lowest BCUT2D eigenvalue weighted by atomic mass is 9.94. The normalized spacial score (nSPS) is 10.3. The monoisotopic (exact) mass is 317 g/mol. The molecule has 0 aliphatic rings. The molecule has 3 aromatic carbocycles. The fraction of sp³-hybridized carbons (Fsp3) is 0. The molecule has 1 radical (unpaired) electrons. The van der Waals surface area contributed by atoms with Crippen molar-refractivity contribution < 1.29 is 19.8 Å². The molecule has 0 bridgehead atoms. The van der Waals surface area contributed by atoms with Crippen LogP contribution >= 0.6 is 0 Å². The molecule has 0 saturated carbocycles. The van der Waals surface area contributed by atoms with E-state index in [-0.39, 0.29) is 11.1 Å². The number of carboxylic acid groups (broad SMARTS) is 2. The van der Waals surface area contributed by atoms with Gasteiger partial charge in [0.2, 0.25) is 0 Å². The predicted octanol–water partition coefficient (Wildman–Crippen LogP) is 4.22. The first kappa shape index (κ1) is 15.5. The molecule has 0 aliphatic carbocycles. The number of benzene rings is 3. The Morgan fingerprint density at radius 2 is 1.12 bits per heavy atom. The number of hydrogen-bond acceptors (Lipinski definition) is 2. The van der Waals surface area contributed by atoms with Gasteiger partial charge < -0.3 is 10.2 Å². The minimum atomic E-state index is -1.01. The second kappa shape index (κ2) is 6.38. The third kappa shape index (κ3) is 2.90. The number of carboxylic acids is 2. The van der Waals surface area contributed by atoms with Gasteiger partial charge in [-0.05, 0) is 58.7 Å². The number of carbonyl (C=O) groups is 2. The van der Waals surface area contributed by atoms with Crippen LogP contribution in [0.15, 0.2) is 66.7 Å². The smallest absolute Gasteiger partial charge is 0.336 e. The summed E-state index contributed by atoms with van der Waals surface area (Å²) in [4.78, 5) is 22.8. The van der Waals surface area contributed by atoms with Crippen molar-refractivity contribution in [3.05, 3.63) is 83.9 Å². The molecule has 3 aromatic rings. The molecule has 0 saturated heterocycles. The highest BCUT2D eigenvalue weighted by Crippen LogP contribution is 2.30. The van der Waals surface area contributed by atoms with Gasteiger partial charge in [-0.25, -0.2) is 9.59 Å². The maximum atomic E-state index is 11.4. The zero-order chi connectivity index (χ0) is 17.1. The minimum absolute atomic E-state index is 0.189. The van der Waals surface area contributed by atoms with Gasteiger partial charge in [-0.3, -0.25) is 0 Å². The van der Waals surface area contributed by atoms with E-state index < -0.39 is 11.9 Å². The number of hydrogen-bond donors (Lipinski definition) is 2. The summed E-state index contributed by atoms with van der Waals surface area (Å²) in [5, 5.41) is 18.7. The Hall–Kier alpha value is -3.40. The van der Waals surface area contributed by atoms with Crippen LogP contribution in [0.1, 0.15) is 20.7 Å². The first-order valence-electron chi connectivity index (χ1n) is 7.24. The van der Waals surface area contributed by atoms with Gasteiger partial charge in [0.15, 0.2) is 0 Å². The second-order valence-electron chi connectivity index (χ2n) is 5.21. The summed E-state index contributed by atoms with van der Waals surface area (Å²) in [7, 11) is 0. The van der Waals surface area contributed by atoms with Gasteiger partial charge >= 0.3 is 11.9 Å². The minimum Gasteiger partial charge on any atom is -0.478 e. The number of rotatable bonds is 4. The van der Waals surface area contributed by atoms with Crippen LogP contribution in [0.2, 0.25) is 0 Å². The zero-order valence-electron chi connectivity index (χ0n) is 12.6. The maximum absolute atomic E-state index is 11.4. The van der Waals surface area contributed by atoms with Crippen LogP contribution in [0.4, 0.5) is 0 Å². The lowest BCUT2D eigenvalue weighted by Crippen LogP contribution is -2.00. The first-order chi connectivity index (χ1) is 11.6. The highest BCUT2D eigenvalue weighted by atomic mass is 16.4. The fourth-order valence-electron chi connectivity index (χ4n) is 2.63. The number of aromatic carboxylic acids is 2. The van der Waals surface area contributed by atoms with E-state index in [2.05, 4.69) is 6.07 Å². The van der Waals surface area contributed by atoms with Crippen LogP contribution in [-0.4, -0.2) is 22.2 Å². The summed E-state index contributed by atoms with van der Waals surface area (Å²) in [6.45, 7) is 0. The van der Waals surface area contributed by atoms with Crippen LogP contribution in [0, 0.1) is 6.07 Å². The van der Waals surface area contributed by atoms with E-state index in [0.717, 1.165) is 0 Å².